The van der Waals surface area contributed by atoms with Gasteiger partial charge in [0.25, 0.3) is 0 Å². The summed E-state index contributed by atoms with van der Waals surface area (Å²) in [6.45, 7) is 3.79. The third-order valence-corrected chi connectivity index (χ3v) is 4.81. The minimum absolute atomic E-state index is 0.00696. The first-order chi connectivity index (χ1) is 8.77. The van der Waals surface area contributed by atoms with Crippen molar-refractivity contribution < 1.29 is 14.6 Å². The molecule has 0 aromatic carbocycles. The van der Waals surface area contributed by atoms with Crippen molar-refractivity contribution in [3.63, 3.8) is 0 Å². The number of hydrogen-bond acceptors (Lipinski definition) is 4. The van der Waals surface area contributed by atoms with E-state index in [1.54, 1.807) is 0 Å². The smallest absolute Gasteiger partial charge is 0.226 e. The number of piperidine rings is 1. The SMILES string of the molecule is O=C(C1CC12CCNCC2)N1CCOCC1CO. The molecule has 1 aliphatic carbocycles. The van der Waals surface area contributed by atoms with Gasteiger partial charge in [-0.3, -0.25) is 4.79 Å². The zero-order valence-electron chi connectivity index (χ0n) is 10.7. The highest BCUT2D eigenvalue weighted by atomic mass is 16.5. The number of rotatable bonds is 2. The molecule has 2 N–H and O–H groups in total. The van der Waals surface area contributed by atoms with Gasteiger partial charge in [0.05, 0.1) is 25.9 Å². The summed E-state index contributed by atoms with van der Waals surface area (Å²) in [4.78, 5) is 14.4. The summed E-state index contributed by atoms with van der Waals surface area (Å²) in [5, 5.41) is 12.7. The van der Waals surface area contributed by atoms with Gasteiger partial charge in [-0.25, -0.2) is 0 Å². The van der Waals surface area contributed by atoms with Crippen LogP contribution >= 0.6 is 0 Å². The van der Waals surface area contributed by atoms with Crippen LogP contribution in [-0.2, 0) is 9.53 Å². The Bertz CT molecular complexity index is 328. The van der Waals surface area contributed by atoms with E-state index in [2.05, 4.69) is 5.32 Å². The van der Waals surface area contributed by atoms with Gasteiger partial charge in [0.2, 0.25) is 5.91 Å². The second-order valence-corrected chi connectivity index (χ2v) is 5.81. The molecule has 1 amide bonds. The lowest BCUT2D eigenvalue weighted by Crippen LogP contribution is -2.51. The number of aliphatic hydroxyl groups excluding tert-OH is 1. The number of morpholine rings is 1. The minimum Gasteiger partial charge on any atom is -0.394 e. The lowest BCUT2D eigenvalue weighted by Gasteiger charge is -2.35. The normalized spacial score (nSPS) is 34.6. The molecule has 1 saturated carbocycles. The Morgan fingerprint density at radius 1 is 1.44 bits per heavy atom. The van der Waals surface area contributed by atoms with E-state index >= 15 is 0 Å². The van der Waals surface area contributed by atoms with Crippen molar-refractivity contribution in [1.82, 2.24) is 10.2 Å². The van der Waals surface area contributed by atoms with Gasteiger partial charge in [0.1, 0.15) is 0 Å². The predicted molar refractivity (Wildman–Crippen MR) is 66.0 cm³/mol. The fourth-order valence-corrected chi connectivity index (χ4v) is 3.47. The molecule has 2 heterocycles. The molecule has 5 heteroatoms. The maximum atomic E-state index is 12.5. The standard InChI is InChI=1S/C13H22N2O3/c16-8-10-9-18-6-5-15(10)12(17)11-7-13(11)1-3-14-4-2-13/h10-11,14,16H,1-9H2. The molecular formula is C13H22N2O3. The molecule has 2 atom stereocenters. The van der Waals surface area contributed by atoms with Crippen LogP contribution in [-0.4, -0.2) is 61.4 Å². The van der Waals surface area contributed by atoms with Gasteiger partial charge < -0.3 is 20.1 Å². The number of carbonyl (C=O) groups excluding carboxylic acids is 1. The fourth-order valence-electron chi connectivity index (χ4n) is 3.47. The first-order valence-corrected chi connectivity index (χ1v) is 6.97. The molecule has 3 aliphatic rings. The van der Waals surface area contributed by atoms with Gasteiger partial charge >= 0.3 is 0 Å². The van der Waals surface area contributed by atoms with Crippen molar-refractivity contribution >= 4 is 5.91 Å². The number of carbonyl (C=O) groups is 1. The van der Waals surface area contributed by atoms with Crippen molar-refractivity contribution in [3.05, 3.63) is 0 Å². The lowest BCUT2D eigenvalue weighted by atomic mass is 9.91. The fraction of sp³-hybridized carbons (Fsp3) is 0.923. The van der Waals surface area contributed by atoms with E-state index in [-0.39, 0.29) is 29.9 Å². The average molecular weight is 254 g/mol. The molecule has 2 unspecified atom stereocenters. The molecule has 2 saturated heterocycles. The van der Waals surface area contributed by atoms with Gasteiger partial charge in [-0.2, -0.15) is 0 Å². The number of ether oxygens (including phenoxy) is 1. The van der Waals surface area contributed by atoms with Crippen LogP contribution in [0.1, 0.15) is 19.3 Å². The second-order valence-electron chi connectivity index (χ2n) is 5.81. The third-order valence-electron chi connectivity index (χ3n) is 4.81. The van der Waals surface area contributed by atoms with E-state index in [9.17, 15) is 9.90 Å². The van der Waals surface area contributed by atoms with Crippen LogP contribution in [0, 0.1) is 11.3 Å². The first kappa shape index (κ1) is 12.4. The Morgan fingerprint density at radius 3 is 2.94 bits per heavy atom. The van der Waals surface area contributed by atoms with E-state index in [4.69, 9.17) is 4.74 Å². The molecule has 3 fully saturated rings. The largest absolute Gasteiger partial charge is 0.394 e. The molecule has 102 valence electrons. The Balaban J connectivity index is 1.64. The van der Waals surface area contributed by atoms with Crippen molar-refractivity contribution in [3.8, 4) is 0 Å². The highest BCUT2D eigenvalue weighted by molar-refractivity contribution is 5.83. The summed E-state index contributed by atoms with van der Waals surface area (Å²) in [5.74, 6) is 0.450. The molecular weight excluding hydrogens is 232 g/mol. The summed E-state index contributed by atoms with van der Waals surface area (Å²) in [5.41, 5.74) is 0.278. The van der Waals surface area contributed by atoms with Crippen LogP contribution < -0.4 is 5.32 Å². The van der Waals surface area contributed by atoms with Crippen molar-refractivity contribution in [1.29, 1.82) is 0 Å². The number of amides is 1. The van der Waals surface area contributed by atoms with Crippen LogP contribution in [0.4, 0.5) is 0 Å². The van der Waals surface area contributed by atoms with Crippen LogP contribution in [0.5, 0.6) is 0 Å². The highest BCUT2D eigenvalue weighted by Crippen LogP contribution is 2.59. The topological polar surface area (TPSA) is 61.8 Å². The Labute approximate surface area is 107 Å². The molecule has 2 aliphatic heterocycles. The lowest BCUT2D eigenvalue weighted by molar-refractivity contribution is -0.144. The Hall–Kier alpha value is -0.650. The van der Waals surface area contributed by atoms with Gasteiger partial charge in [-0.15, -0.1) is 0 Å². The monoisotopic (exact) mass is 254 g/mol. The molecule has 0 bridgehead atoms. The summed E-state index contributed by atoms with van der Waals surface area (Å²) in [6.07, 6.45) is 3.29. The maximum Gasteiger partial charge on any atom is 0.226 e. The Morgan fingerprint density at radius 2 is 2.22 bits per heavy atom. The van der Waals surface area contributed by atoms with Gasteiger partial charge in [0.15, 0.2) is 0 Å². The quantitative estimate of drug-likeness (QED) is 0.703. The minimum atomic E-state index is -0.134. The summed E-state index contributed by atoms with van der Waals surface area (Å²) < 4.78 is 5.33. The van der Waals surface area contributed by atoms with Gasteiger partial charge in [0, 0.05) is 12.5 Å². The summed E-state index contributed by atoms with van der Waals surface area (Å²) in [6, 6.07) is -0.134. The van der Waals surface area contributed by atoms with Gasteiger partial charge in [-0.05, 0) is 37.8 Å². The zero-order valence-corrected chi connectivity index (χ0v) is 10.7. The number of nitrogens with zero attached hydrogens (tertiary/aromatic N) is 1. The average Bonchev–Trinajstić information content (AvgIpc) is 3.12. The number of nitrogens with one attached hydrogen (secondary N) is 1. The van der Waals surface area contributed by atoms with Crippen LogP contribution in [0.15, 0.2) is 0 Å². The van der Waals surface area contributed by atoms with Crippen molar-refractivity contribution in [2.24, 2.45) is 11.3 Å². The van der Waals surface area contributed by atoms with Crippen LogP contribution in [0.2, 0.25) is 0 Å². The van der Waals surface area contributed by atoms with E-state index in [1.165, 1.54) is 0 Å². The van der Waals surface area contributed by atoms with E-state index < -0.39 is 0 Å². The third kappa shape index (κ3) is 2.04. The summed E-state index contributed by atoms with van der Waals surface area (Å²) >= 11 is 0. The van der Waals surface area contributed by atoms with Crippen molar-refractivity contribution in [2.45, 2.75) is 25.3 Å². The molecule has 3 rings (SSSR count). The molecule has 18 heavy (non-hydrogen) atoms. The predicted octanol–water partition coefficient (Wildman–Crippen LogP) is -0.404. The van der Waals surface area contributed by atoms with Crippen LogP contribution in [0.25, 0.3) is 0 Å². The van der Waals surface area contributed by atoms with Crippen molar-refractivity contribution in [2.75, 3.05) is 39.5 Å². The molecule has 5 nitrogen and oxygen atoms in total. The molecule has 0 radical (unpaired) electrons. The summed E-state index contributed by atoms with van der Waals surface area (Å²) in [7, 11) is 0. The highest BCUT2D eigenvalue weighted by Gasteiger charge is 2.59. The van der Waals surface area contributed by atoms with Gasteiger partial charge in [-0.1, -0.05) is 0 Å². The molecule has 1 spiro atoms. The molecule has 0 aromatic heterocycles. The van der Waals surface area contributed by atoms with E-state index in [1.807, 2.05) is 4.90 Å². The number of aliphatic hydroxyl groups is 1. The zero-order chi connectivity index (χ0) is 12.6. The van der Waals surface area contributed by atoms with Crippen LogP contribution in [0.3, 0.4) is 0 Å². The number of hydrogen-bond donors (Lipinski definition) is 2. The van der Waals surface area contributed by atoms with E-state index in [0.29, 0.717) is 19.8 Å². The Kier molecular flexibility index (Phi) is 3.30. The first-order valence-electron chi connectivity index (χ1n) is 6.97. The second kappa shape index (κ2) is 4.79. The van der Waals surface area contributed by atoms with E-state index in [0.717, 1.165) is 32.4 Å². The molecule has 0 aromatic rings. The maximum absolute atomic E-state index is 12.5.